The van der Waals surface area contributed by atoms with Crippen molar-refractivity contribution in [3.63, 3.8) is 0 Å². The number of nitrogens with zero attached hydrogens (tertiary/aromatic N) is 1. The minimum Gasteiger partial charge on any atom is -0.387 e. The minimum atomic E-state index is -0.529. The number of ether oxygens (including phenoxy) is 1. The smallest absolute Gasteiger partial charge is 0.346 e. The Labute approximate surface area is 96.8 Å². The molecule has 0 radical (unpaired) electrons. The summed E-state index contributed by atoms with van der Waals surface area (Å²) in [6.07, 6.45) is 0. The molecular weight excluding hydrogens is 230 g/mol. The van der Waals surface area contributed by atoms with Crippen molar-refractivity contribution >= 4 is 17.6 Å². The number of halogens is 1. The van der Waals surface area contributed by atoms with Gasteiger partial charge in [-0.05, 0) is 25.1 Å². The summed E-state index contributed by atoms with van der Waals surface area (Å²) in [5.74, 6) is -0.457. The average molecular weight is 238 g/mol. The summed E-state index contributed by atoms with van der Waals surface area (Å²) in [5, 5.41) is 4.08. The Balaban J connectivity index is 2.14. The number of carbonyl (C=O) groups excluding carboxylic acids is 1. The molecule has 0 aliphatic heterocycles. The Morgan fingerprint density at radius 3 is 2.88 bits per heavy atom. The summed E-state index contributed by atoms with van der Waals surface area (Å²) in [7, 11) is 0. The van der Waals surface area contributed by atoms with E-state index in [1.807, 2.05) is 0 Å². The van der Waals surface area contributed by atoms with E-state index in [1.165, 1.54) is 12.1 Å². The normalized spacial score (nSPS) is 10.1. The first-order valence-corrected chi connectivity index (χ1v) is 4.94. The lowest BCUT2D eigenvalue weighted by Gasteiger charge is -1.99. The van der Waals surface area contributed by atoms with E-state index < -0.39 is 5.97 Å². The number of aromatic nitrogens is 1. The van der Waals surface area contributed by atoms with Gasteiger partial charge in [0.05, 0.1) is 11.3 Å². The molecule has 0 aliphatic rings. The van der Waals surface area contributed by atoms with E-state index in [1.54, 1.807) is 25.1 Å². The minimum absolute atomic E-state index is 0.0717. The fourth-order valence-electron chi connectivity index (χ4n) is 1.15. The zero-order valence-corrected chi connectivity index (χ0v) is 9.19. The summed E-state index contributed by atoms with van der Waals surface area (Å²) in [6, 6.07) is 8.01. The van der Waals surface area contributed by atoms with Gasteiger partial charge < -0.3 is 9.26 Å². The molecule has 82 valence electrons. The lowest BCUT2D eigenvalue weighted by atomic mass is 10.2. The van der Waals surface area contributed by atoms with Gasteiger partial charge in [0, 0.05) is 11.1 Å². The van der Waals surface area contributed by atoms with Crippen LogP contribution in [-0.2, 0) is 0 Å². The highest BCUT2D eigenvalue weighted by Gasteiger charge is 2.11. The van der Waals surface area contributed by atoms with Crippen LogP contribution < -0.4 is 4.74 Å². The third-order valence-electron chi connectivity index (χ3n) is 1.86. The van der Waals surface area contributed by atoms with Crippen LogP contribution in [0.3, 0.4) is 0 Å². The van der Waals surface area contributed by atoms with Gasteiger partial charge in [-0.1, -0.05) is 22.8 Å². The summed E-state index contributed by atoms with van der Waals surface area (Å²) in [4.78, 5) is 11.6. The number of esters is 1. The highest BCUT2D eigenvalue weighted by Crippen LogP contribution is 2.16. The molecule has 2 aromatic rings. The summed E-state index contributed by atoms with van der Waals surface area (Å²) in [5.41, 5.74) is 1.01. The molecule has 0 atom stereocenters. The molecule has 0 bridgehead atoms. The maximum atomic E-state index is 11.6. The first-order valence-electron chi connectivity index (χ1n) is 4.56. The number of aryl methyl sites for hydroxylation is 1. The monoisotopic (exact) mass is 237 g/mol. The number of carbonyl (C=O) groups is 1. The fraction of sp³-hybridized carbons (Fsp3) is 0.0909. The van der Waals surface area contributed by atoms with Gasteiger partial charge in [0.15, 0.2) is 0 Å². The van der Waals surface area contributed by atoms with Crippen LogP contribution in [0.2, 0.25) is 5.02 Å². The second-order valence-electron chi connectivity index (χ2n) is 3.19. The van der Waals surface area contributed by atoms with Crippen molar-refractivity contribution in [3.8, 4) is 5.95 Å². The van der Waals surface area contributed by atoms with Crippen molar-refractivity contribution in [2.75, 3.05) is 0 Å². The van der Waals surface area contributed by atoms with E-state index in [4.69, 9.17) is 20.9 Å². The third kappa shape index (κ3) is 2.41. The molecule has 0 saturated carbocycles. The first kappa shape index (κ1) is 10.7. The second-order valence-corrected chi connectivity index (χ2v) is 3.62. The van der Waals surface area contributed by atoms with E-state index in [2.05, 4.69) is 5.16 Å². The maximum Gasteiger partial charge on any atom is 0.346 e. The van der Waals surface area contributed by atoms with Gasteiger partial charge in [-0.25, -0.2) is 4.79 Å². The molecule has 16 heavy (non-hydrogen) atoms. The molecule has 1 aromatic carbocycles. The van der Waals surface area contributed by atoms with Crippen LogP contribution in [0.4, 0.5) is 0 Å². The Bertz CT molecular complexity index is 521. The van der Waals surface area contributed by atoms with Crippen LogP contribution in [0, 0.1) is 6.92 Å². The van der Waals surface area contributed by atoms with Crippen LogP contribution in [-0.4, -0.2) is 11.1 Å². The quantitative estimate of drug-likeness (QED) is 0.754. The summed E-state index contributed by atoms with van der Waals surface area (Å²) >= 11 is 5.75. The molecule has 4 nitrogen and oxygen atoms in total. The van der Waals surface area contributed by atoms with E-state index in [0.29, 0.717) is 16.3 Å². The van der Waals surface area contributed by atoms with Gasteiger partial charge in [0.1, 0.15) is 0 Å². The van der Waals surface area contributed by atoms with Crippen molar-refractivity contribution in [1.82, 2.24) is 5.16 Å². The molecule has 5 heteroatoms. The Hall–Kier alpha value is -1.81. The summed E-state index contributed by atoms with van der Waals surface area (Å²) in [6.45, 7) is 1.74. The third-order valence-corrected chi connectivity index (χ3v) is 2.10. The Kier molecular flexibility index (Phi) is 2.92. The van der Waals surface area contributed by atoms with E-state index in [9.17, 15) is 4.79 Å². The molecular formula is C11H8ClNO3. The zero-order chi connectivity index (χ0) is 11.5. The van der Waals surface area contributed by atoms with Gasteiger partial charge in [-0.2, -0.15) is 0 Å². The fourth-order valence-corrected chi connectivity index (χ4v) is 1.34. The van der Waals surface area contributed by atoms with Gasteiger partial charge in [0.2, 0.25) is 0 Å². The van der Waals surface area contributed by atoms with Gasteiger partial charge in [-0.3, -0.25) is 0 Å². The Morgan fingerprint density at radius 2 is 2.25 bits per heavy atom. The van der Waals surface area contributed by atoms with Crippen LogP contribution in [0.1, 0.15) is 16.1 Å². The lowest BCUT2D eigenvalue weighted by molar-refractivity contribution is 0.0680. The number of benzene rings is 1. The van der Waals surface area contributed by atoms with E-state index in [0.717, 1.165) is 0 Å². The van der Waals surface area contributed by atoms with Crippen molar-refractivity contribution in [2.24, 2.45) is 0 Å². The molecule has 1 heterocycles. The molecule has 0 amide bonds. The maximum absolute atomic E-state index is 11.6. The van der Waals surface area contributed by atoms with E-state index in [-0.39, 0.29) is 5.95 Å². The molecule has 1 aromatic heterocycles. The van der Waals surface area contributed by atoms with Crippen molar-refractivity contribution in [3.05, 3.63) is 46.6 Å². The van der Waals surface area contributed by atoms with Crippen molar-refractivity contribution in [2.45, 2.75) is 6.92 Å². The molecule has 0 fully saturated rings. The van der Waals surface area contributed by atoms with Gasteiger partial charge >= 0.3 is 11.9 Å². The molecule has 0 spiro atoms. The lowest BCUT2D eigenvalue weighted by Crippen LogP contribution is -2.07. The SMILES string of the molecule is Cc1cc(OC(=O)c2cccc(Cl)c2)on1. The zero-order valence-electron chi connectivity index (χ0n) is 8.44. The molecule has 0 N–H and O–H groups in total. The van der Waals surface area contributed by atoms with Crippen LogP contribution in [0.5, 0.6) is 5.95 Å². The molecule has 2 rings (SSSR count). The van der Waals surface area contributed by atoms with Crippen LogP contribution in [0.25, 0.3) is 0 Å². The Morgan fingerprint density at radius 1 is 1.44 bits per heavy atom. The average Bonchev–Trinajstić information content (AvgIpc) is 2.64. The van der Waals surface area contributed by atoms with Gasteiger partial charge in [-0.15, -0.1) is 0 Å². The second kappa shape index (κ2) is 4.37. The standard InChI is InChI=1S/C11H8ClNO3/c1-7-5-10(16-13-7)15-11(14)8-3-2-4-9(12)6-8/h2-6H,1H3. The predicted octanol–water partition coefficient (Wildman–Crippen LogP) is 2.86. The molecule has 0 unspecified atom stereocenters. The number of rotatable bonds is 2. The molecule has 0 aliphatic carbocycles. The first-order chi connectivity index (χ1) is 7.65. The van der Waals surface area contributed by atoms with Crippen LogP contribution in [0.15, 0.2) is 34.9 Å². The molecule has 0 saturated heterocycles. The number of hydrogen-bond donors (Lipinski definition) is 0. The largest absolute Gasteiger partial charge is 0.387 e. The van der Waals surface area contributed by atoms with Gasteiger partial charge in [0.25, 0.3) is 0 Å². The van der Waals surface area contributed by atoms with E-state index >= 15 is 0 Å². The predicted molar refractivity (Wildman–Crippen MR) is 57.7 cm³/mol. The summed E-state index contributed by atoms with van der Waals surface area (Å²) < 4.78 is 9.71. The van der Waals surface area contributed by atoms with Crippen molar-refractivity contribution in [1.29, 1.82) is 0 Å². The topological polar surface area (TPSA) is 52.3 Å². The highest BCUT2D eigenvalue weighted by molar-refractivity contribution is 6.30. The van der Waals surface area contributed by atoms with Crippen LogP contribution >= 0.6 is 11.6 Å². The number of hydrogen-bond acceptors (Lipinski definition) is 4. The highest BCUT2D eigenvalue weighted by atomic mass is 35.5. The van der Waals surface area contributed by atoms with Crippen molar-refractivity contribution < 1.29 is 14.1 Å².